The van der Waals surface area contributed by atoms with Crippen molar-refractivity contribution in [1.82, 2.24) is 0 Å². The number of esters is 1. The Balaban J connectivity index is 2.56. The van der Waals surface area contributed by atoms with Gasteiger partial charge in [-0.05, 0) is 29.3 Å². The fraction of sp³-hybridized carbons (Fsp3) is 0.350. The van der Waals surface area contributed by atoms with Crippen LogP contribution in [0.3, 0.4) is 0 Å². The van der Waals surface area contributed by atoms with Crippen molar-refractivity contribution in [3.63, 3.8) is 0 Å². The van der Waals surface area contributed by atoms with Crippen LogP contribution < -0.4 is 14.2 Å². The minimum Gasteiger partial charge on any atom is -0.497 e. The first-order valence-electron chi connectivity index (χ1n) is 8.24. The summed E-state index contributed by atoms with van der Waals surface area (Å²) < 4.78 is 31.3. The molecule has 0 N–H and O–H groups in total. The lowest BCUT2D eigenvalue weighted by atomic mass is 9.96. The molecule has 0 saturated carbocycles. The van der Waals surface area contributed by atoms with Gasteiger partial charge < -0.3 is 28.4 Å². The van der Waals surface area contributed by atoms with Crippen LogP contribution in [0.15, 0.2) is 36.4 Å². The standard InChI is InChI=1S/C20H24O7/c1-22-12-26-17-9-15(10-19(21)25-4)20(18(11-17)27-13-23-2)14-5-7-16(24-3)8-6-14/h5-9,11H,10,12-13H2,1-4H3. The molecule has 0 aromatic heterocycles. The highest BCUT2D eigenvalue weighted by Gasteiger charge is 2.18. The molecular formula is C20H24O7. The fourth-order valence-corrected chi connectivity index (χ4v) is 2.54. The average Bonchev–Trinajstić information content (AvgIpc) is 2.70. The van der Waals surface area contributed by atoms with Crippen LogP contribution in [0.4, 0.5) is 0 Å². The number of methoxy groups -OCH3 is 4. The van der Waals surface area contributed by atoms with Crippen LogP contribution in [-0.4, -0.2) is 48.0 Å². The third-order valence-corrected chi connectivity index (χ3v) is 3.77. The van der Waals surface area contributed by atoms with Crippen LogP contribution >= 0.6 is 0 Å². The molecule has 27 heavy (non-hydrogen) atoms. The Kier molecular flexibility index (Phi) is 7.91. The molecule has 0 fully saturated rings. The molecule has 2 rings (SSSR count). The first-order chi connectivity index (χ1) is 13.1. The summed E-state index contributed by atoms with van der Waals surface area (Å²) in [5, 5.41) is 0. The number of ether oxygens (including phenoxy) is 6. The van der Waals surface area contributed by atoms with Crippen LogP contribution in [0.2, 0.25) is 0 Å². The van der Waals surface area contributed by atoms with Crippen LogP contribution in [0.5, 0.6) is 17.2 Å². The van der Waals surface area contributed by atoms with E-state index < -0.39 is 0 Å². The SMILES string of the molecule is COCOc1cc(CC(=O)OC)c(-c2ccc(OC)cc2)c(OCOC)c1. The van der Waals surface area contributed by atoms with Crippen LogP contribution in [0.25, 0.3) is 11.1 Å². The molecule has 0 heterocycles. The number of carbonyl (C=O) groups is 1. The van der Waals surface area contributed by atoms with Gasteiger partial charge in [-0.1, -0.05) is 12.1 Å². The molecule has 0 radical (unpaired) electrons. The summed E-state index contributed by atoms with van der Waals surface area (Å²) in [4.78, 5) is 11.9. The Bertz CT molecular complexity index is 741. The highest BCUT2D eigenvalue weighted by molar-refractivity contribution is 5.82. The van der Waals surface area contributed by atoms with Crippen molar-refractivity contribution in [1.29, 1.82) is 0 Å². The molecule has 7 heteroatoms. The molecule has 146 valence electrons. The highest BCUT2D eigenvalue weighted by Crippen LogP contribution is 2.38. The Morgan fingerprint density at radius 2 is 1.52 bits per heavy atom. The number of rotatable bonds is 10. The second kappa shape index (κ2) is 10.4. The minimum absolute atomic E-state index is 0.0501. The maximum atomic E-state index is 11.9. The summed E-state index contributed by atoms with van der Waals surface area (Å²) in [5.74, 6) is 1.40. The van der Waals surface area contributed by atoms with E-state index in [2.05, 4.69) is 0 Å². The third-order valence-electron chi connectivity index (χ3n) is 3.77. The summed E-state index contributed by atoms with van der Waals surface area (Å²) in [6, 6.07) is 11.0. The molecule has 0 unspecified atom stereocenters. The molecule has 2 aromatic carbocycles. The zero-order chi connectivity index (χ0) is 19.6. The molecule has 0 aliphatic carbocycles. The maximum Gasteiger partial charge on any atom is 0.310 e. The van der Waals surface area contributed by atoms with Gasteiger partial charge >= 0.3 is 5.97 Å². The van der Waals surface area contributed by atoms with E-state index in [1.807, 2.05) is 24.3 Å². The van der Waals surface area contributed by atoms with Gasteiger partial charge in [0.25, 0.3) is 0 Å². The molecule has 0 amide bonds. The predicted molar refractivity (Wildman–Crippen MR) is 99.2 cm³/mol. The topological polar surface area (TPSA) is 72.5 Å². The molecule has 2 aromatic rings. The molecule has 0 bridgehead atoms. The van der Waals surface area contributed by atoms with E-state index in [0.29, 0.717) is 17.1 Å². The minimum atomic E-state index is -0.369. The van der Waals surface area contributed by atoms with Gasteiger partial charge in [-0.3, -0.25) is 4.79 Å². The molecule has 0 atom stereocenters. The summed E-state index contributed by atoms with van der Waals surface area (Å²) in [6.45, 7) is 0.123. The molecule has 0 aliphatic heterocycles. The molecule has 0 saturated heterocycles. The van der Waals surface area contributed by atoms with Gasteiger partial charge in [-0.25, -0.2) is 0 Å². The lowest BCUT2D eigenvalue weighted by Crippen LogP contribution is -2.09. The smallest absolute Gasteiger partial charge is 0.310 e. The normalized spacial score (nSPS) is 10.4. The van der Waals surface area contributed by atoms with Crippen molar-refractivity contribution in [2.45, 2.75) is 6.42 Å². The molecule has 0 spiro atoms. The zero-order valence-electron chi connectivity index (χ0n) is 15.9. The second-order valence-electron chi connectivity index (χ2n) is 5.54. The number of carbonyl (C=O) groups excluding carboxylic acids is 1. The van der Waals surface area contributed by atoms with E-state index >= 15 is 0 Å². The first-order valence-corrected chi connectivity index (χ1v) is 8.24. The monoisotopic (exact) mass is 376 g/mol. The lowest BCUT2D eigenvalue weighted by molar-refractivity contribution is -0.139. The van der Waals surface area contributed by atoms with E-state index in [1.54, 1.807) is 19.2 Å². The number of hydrogen-bond acceptors (Lipinski definition) is 7. The summed E-state index contributed by atoms with van der Waals surface area (Å²) in [5.41, 5.74) is 2.32. The highest BCUT2D eigenvalue weighted by atomic mass is 16.7. The quantitative estimate of drug-likeness (QED) is 0.466. The molecule has 7 nitrogen and oxygen atoms in total. The van der Waals surface area contributed by atoms with E-state index in [1.165, 1.54) is 21.3 Å². The van der Waals surface area contributed by atoms with E-state index in [0.717, 1.165) is 16.9 Å². The van der Waals surface area contributed by atoms with Gasteiger partial charge in [-0.15, -0.1) is 0 Å². The fourth-order valence-electron chi connectivity index (χ4n) is 2.54. The first kappa shape index (κ1) is 20.5. The van der Waals surface area contributed by atoms with Gasteiger partial charge in [0.15, 0.2) is 13.6 Å². The lowest BCUT2D eigenvalue weighted by Gasteiger charge is -2.18. The Hall–Kier alpha value is -2.77. The van der Waals surface area contributed by atoms with Gasteiger partial charge in [-0.2, -0.15) is 0 Å². The largest absolute Gasteiger partial charge is 0.497 e. The number of hydrogen-bond donors (Lipinski definition) is 0. The molecule has 0 aliphatic rings. The van der Waals surface area contributed by atoms with E-state index in [4.69, 9.17) is 28.4 Å². The van der Waals surface area contributed by atoms with Gasteiger partial charge in [0.05, 0.1) is 20.6 Å². The summed E-state index contributed by atoms with van der Waals surface area (Å²) >= 11 is 0. The van der Waals surface area contributed by atoms with Crippen molar-refractivity contribution in [3.8, 4) is 28.4 Å². The van der Waals surface area contributed by atoms with Gasteiger partial charge in [0.1, 0.15) is 17.2 Å². The second-order valence-corrected chi connectivity index (χ2v) is 5.54. The molecular weight excluding hydrogens is 352 g/mol. The van der Waals surface area contributed by atoms with Gasteiger partial charge in [0.2, 0.25) is 0 Å². The summed E-state index contributed by atoms with van der Waals surface area (Å²) in [7, 11) is 6.02. The van der Waals surface area contributed by atoms with Crippen molar-refractivity contribution in [3.05, 3.63) is 42.0 Å². The third kappa shape index (κ3) is 5.60. The van der Waals surface area contributed by atoms with E-state index in [-0.39, 0.29) is 26.0 Å². The Labute approximate surface area is 158 Å². The van der Waals surface area contributed by atoms with Crippen LogP contribution in [0.1, 0.15) is 5.56 Å². The van der Waals surface area contributed by atoms with Crippen molar-refractivity contribution in [2.75, 3.05) is 42.0 Å². The van der Waals surface area contributed by atoms with Crippen molar-refractivity contribution >= 4 is 5.97 Å². The van der Waals surface area contributed by atoms with Gasteiger partial charge in [0, 0.05) is 25.8 Å². The summed E-state index contributed by atoms with van der Waals surface area (Å²) in [6.07, 6.45) is 0.0609. The Morgan fingerprint density at radius 3 is 2.11 bits per heavy atom. The van der Waals surface area contributed by atoms with Crippen LogP contribution in [-0.2, 0) is 25.4 Å². The van der Waals surface area contributed by atoms with Crippen LogP contribution in [0, 0.1) is 0 Å². The number of benzene rings is 2. The predicted octanol–water partition coefficient (Wildman–Crippen LogP) is 3.04. The van der Waals surface area contributed by atoms with Crippen molar-refractivity contribution < 1.29 is 33.2 Å². The Morgan fingerprint density at radius 1 is 0.852 bits per heavy atom. The van der Waals surface area contributed by atoms with E-state index in [9.17, 15) is 4.79 Å². The van der Waals surface area contributed by atoms with Crippen molar-refractivity contribution in [2.24, 2.45) is 0 Å². The maximum absolute atomic E-state index is 11.9. The average molecular weight is 376 g/mol. The zero-order valence-corrected chi connectivity index (χ0v) is 15.9.